The van der Waals surface area contributed by atoms with Crippen molar-refractivity contribution in [3.63, 3.8) is 0 Å². The number of nitrogens with zero attached hydrogens (tertiary/aromatic N) is 1. The fraction of sp³-hybridized carbons (Fsp3) is 0.300. The van der Waals surface area contributed by atoms with E-state index in [1.54, 1.807) is 44.4 Å². The van der Waals surface area contributed by atoms with E-state index in [2.05, 4.69) is 0 Å². The summed E-state index contributed by atoms with van der Waals surface area (Å²) in [5.41, 5.74) is 0.701. The number of hydrogen-bond acceptors (Lipinski definition) is 6. The number of amides is 1. The largest absolute Gasteiger partial charge is 0.493 e. The lowest BCUT2D eigenvalue weighted by atomic mass is 10.1. The van der Waals surface area contributed by atoms with Crippen LogP contribution in [-0.4, -0.2) is 52.2 Å². The van der Waals surface area contributed by atoms with Crippen LogP contribution < -0.4 is 14.2 Å². The fourth-order valence-electron chi connectivity index (χ4n) is 2.56. The Hall–Kier alpha value is -3.22. The van der Waals surface area contributed by atoms with Crippen LogP contribution in [0, 0.1) is 0 Å². The average Bonchev–Trinajstić information content (AvgIpc) is 2.70. The van der Waals surface area contributed by atoms with Crippen molar-refractivity contribution >= 4 is 11.9 Å². The van der Waals surface area contributed by atoms with Crippen LogP contribution in [0.3, 0.4) is 0 Å². The van der Waals surface area contributed by atoms with E-state index in [0.717, 1.165) is 0 Å². The van der Waals surface area contributed by atoms with E-state index in [1.165, 1.54) is 32.3 Å². The first-order valence-electron chi connectivity index (χ1n) is 8.20. The van der Waals surface area contributed by atoms with Gasteiger partial charge in [0.25, 0.3) is 5.91 Å². The molecule has 1 atom stereocenters. The molecule has 0 aliphatic heterocycles. The molecule has 7 nitrogen and oxygen atoms in total. The number of carbonyl (C=O) groups excluding carboxylic acids is 2. The van der Waals surface area contributed by atoms with E-state index in [4.69, 9.17) is 18.9 Å². The number of likely N-dealkylation sites (N-methyl/N-ethyl adjacent to an activating group) is 1. The van der Waals surface area contributed by atoms with Crippen molar-refractivity contribution < 1.29 is 28.5 Å². The Morgan fingerprint density at radius 3 is 2.00 bits per heavy atom. The molecule has 0 aliphatic carbocycles. The summed E-state index contributed by atoms with van der Waals surface area (Å²) in [6, 6.07) is 11.9. The Kier molecular flexibility index (Phi) is 6.65. The van der Waals surface area contributed by atoms with Gasteiger partial charge in [0.2, 0.25) is 11.9 Å². The molecule has 2 aromatic carbocycles. The monoisotopic (exact) mass is 373 g/mol. The van der Waals surface area contributed by atoms with Crippen LogP contribution in [-0.2, 0) is 9.53 Å². The molecule has 0 fully saturated rings. The Balaban J connectivity index is 2.42. The molecule has 0 bridgehead atoms. The zero-order valence-corrected chi connectivity index (χ0v) is 16.0. The standard InChI is InChI=1S/C20H23NO6/c1-21(2)19(22)16(13-9-7-6-8-10-13)27-20(23)14-11-12-15(24-3)18(26-5)17(14)25-4/h6-12,16H,1-5H3/t16-/m0/s1. The van der Waals surface area contributed by atoms with Crippen molar-refractivity contribution in [3.05, 3.63) is 53.6 Å². The third-order valence-corrected chi connectivity index (χ3v) is 3.92. The molecule has 27 heavy (non-hydrogen) atoms. The first-order chi connectivity index (χ1) is 12.9. The van der Waals surface area contributed by atoms with Crippen LogP contribution in [0.2, 0.25) is 0 Å². The molecule has 0 aromatic heterocycles. The number of rotatable bonds is 7. The fourth-order valence-corrected chi connectivity index (χ4v) is 2.56. The minimum absolute atomic E-state index is 0.127. The Morgan fingerprint density at radius 2 is 1.48 bits per heavy atom. The smallest absolute Gasteiger partial charge is 0.343 e. The summed E-state index contributed by atoms with van der Waals surface area (Å²) < 4.78 is 21.4. The molecule has 0 aliphatic rings. The Morgan fingerprint density at radius 1 is 0.852 bits per heavy atom. The van der Waals surface area contributed by atoms with E-state index in [9.17, 15) is 9.59 Å². The van der Waals surface area contributed by atoms with Gasteiger partial charge in [0.1, 0.15) is 5.56 Å². The summed E-state index contributed by atoms with van der Waals surface area (Å²) in [6.45, 7) is 0. The van der Waals surface area contributed by atoms with E-state index in [0.29, 0.717) is 11.3 Å². The van der Waals surface area contributed by atoms with Crippen molar-refractivity contribution in [2.24, 2.45) is 0 Å². The average molecular weight is 373 g/mol. The molecule has 0 saturated heterocycles. The first kappa shape index (κ1) is 20.1. The second-order valence-corrected chi connectivity index (χ2v) is 5.81. The first-order valence-corrected chi connectivity index (χ1v) is 8.20. The number of ether oxygens (including phenoxy) is 4. The number of carbonyl (C=O) groups is 2. The van der Waals surface area contributed by atoms with Crippen molar-refractivity contribution in [2.45, 2.75) is 6.10 Å². The maximum atomic E-state index is 12.8. The summed E-state index contributed by atoms with van der Waals surface area (Å²) in [7, 11) is 7.54. The molecule has 2 aromatic rings. The predicted molar refractivity (Wildman–Crippen MR) is 99.4 cm³/mol. The van der Waals surface area contributed by atoms with Crippen LogP contribution in [0.25, 0.3) is 0 Å². The van der Waals surface area contributed by atoms with Crippen LogP contribution in [0.4, 0.5) is 0 Å². The number of hydrogen-bond donors (Lipinski definition) is 0. The molecule has 0 heterocycles. The summed E-state index contributed by atoms with van der Waals surface area (Å²) in [5.74, 6) is -0.212. The number of esters is 1. The topological polar surface area (TPSA) is 74.3 Å². The normalized spacial score (nSPS) is 11.3. The van der Waals surface area contributed by atoms with Crippen molar-refractivity contribution in [1.29, 1.82) is 0 Å². The SMILES string of the molecule is COc1ccc(C(=O)O[C@H](C(=O)N(C)C)c2ccccc2)c(OC)c1OC. The maximum absolute atomic E-state index is 12.8. The molecule has 0 saturated carbocycles. The number of benzene rings is 2. The second-order valence-electron chi connectivity index (χ2n) is 5.81. The van der Waals surface area contributed by atoms with E-state index in [-0.39, 0.29) is 23.0 Å². The number of methoxy groups -OCH3 is 3. The van der Waals surface area contributed by atoms with Crippen LogP contribution >= 0.6 is 0 Å². The lowest BCUT2D eigenvalue weighted by molar-refractivity contribution is -0.138. The van der Waals surface area contributed by atoms with Gasteiger partial charge in [0.05, 0.1) is 21.3 Å². The van der Waals surface area contributed by atoms with Gasteiger partial charge in [0, 0.05) is 19.7 Å². The minimum atomic E-state index is -1.08. The van der Waals surface area contributed by atoms with Crippen molar-refractivity contribution in [3.8, 4) is 17.2 Å². The molecule has 0 spiro atoms. The van der Waals surface area contributed by atoms with Gasteiger partial charge in [-0.15, -0.1) is 0 Å². The van der Waals surface area contributed by atoms with E-state index >= 15 is 0 Å². The molecule has 0 radical (unpaired) electrons. The molecule has 2 rings (SSSR count). The summed E-state index contributed by atoms with van der Waals surface area (Å²) in [5, 5.41) is 0. The molecule has 1 amide bonds. The maximum Gasteiger partial charge on any atom is 0.343 e. The third kappa shape index (κ3) is 4.31. The van der Waals surface area contributed by atoms with Crippen LogP contribution in [0.1, 0.15) is 22.0 Å². The van der Waals surface area contributed by atoms with Crippen LogP contribution in [0.5, 0.6) is 17.2 Å². The van der Waals surface area contributed by atoms with Gasteiger partial charge in [-0.1, -0.05) is 30.3 Å². The Labute approximate surface area is 158 Å². The van der Waals surface area contributed by atoms with Gasteiger partial charge >= 0.3 is 5.97 Å². The molecule has 144 valence electrons. The van der Waals surface area contributed by atoms with Gasteiger partial charge in [-0.2, -0.15) is 0 Å². The highest BCUT2D eigenvalue weighted by Gasteiger charge is 2.29. The van der Waals surface area contributed by atoms with E-state index < -0.39 is 12.1 Å². The molecular formula is C20H23NO6. The zero-order chi connectivity index (χ0) is 20.0. The lowest BCUT2D eigenvalue weighted by Crippen LogP contribution is -2.31. The lowest BCUT2D eigenvalue weighted by Gasteiger charge is -2.22. The van der Waals surface area contributed by atoms with E-state index in [1.807, 2.05) is 6.07 Å². The Bertz CT molecular complexity index is 804. The van der Waals surface area contributed by atoms with Crippen LogP contribution in [0.15, 0.2) is 42.5 Å². The highest BCUT2D eigenvalue weighted by Crippen LogP contribution is 2.40. The third-order valence-electron chi connectivity index (χ3n) is 3.92. The summed E-state index contributed by atoms with van der Waals surface area (Å²) in [4.78, 5) is 26.8. The van der Waals surface area contributed by atoms with Gasteiger partial charge in [-0.3, -0.25) is 4.79 Å². The quantitative estimate of drug-likeness (QED) is 0.695. The van der Waals surface area contributed by atoms with Crippen molar-refractivity contribution in [1.82, 2.24) is 4.90 Å². The highest BCUT2D eigenvalue weighted by atomic mass is 16.6. The zero-order valence-electron chi connectivity index (χ0n) is 16.0. The molecule has 0 N–H and O–H groups in total. The minimum Gasteiger partial charge on any atom is -0.493 e. The van der Waals surface area contributed by atoms with Gasteiger partial charge in [-0.25, -0.2) is 4.79 Å². The summed E-state index contributed by atoms with van der Waals surface area (Å²) >= 11 is 0. The van der Waals surface area contributed by atoms with Gasteiger partial charge in [0.15, 0.2) is 11.5 Å². The summed E-state index contributed by atoms with van der Waals surface area (Å²) in [6.07, 6.45) is -1.08. The molecule has 7 heteroatoms. The highest BCUT2D eigenvalue weighted by molar-refractivity contribution is 5.96. The molecule has 0 unspecified atom stereocenters. The second kappa shape index (κ2) is 8.93. The van der Waals surface area contributed by atoms with Gasteiger partial charge in [-0.05, 0) is 12.1 Å². The molecular weight excluding hydrogens is 350 g/mol. The van der Waals surface area contributed by atoms with Gasteiger partial charge < -0.3 is 23.8 Å². The predicted octanol–water partition coefficient (Wildman–Crippen LogP) is 2.70. The van der Waals surface area contributed by atoms with Crippen molar-refractivity contribution in [2.75, 3.05) is 35.4 Å².